The highest BCUT2D eigenvalue weighted by molar-refractivity contribution is 5.59. The van der Waals surface area contributed by atoms with Crippen LogP contribution in [0.1, 0.15) is 32.3 Å². The van der Waals surface area contributed by atoms with Crippen LogP contribution in [0.4, 0.5) is 11.4 Å². The molecule has 1 aliphatic heterocycles. The fourth-order valence-corrected chi connectivity index (χ4v) is 2.84. The van der Waals surface area contributed by atoms with Gasteiger partial charge in [-0.1, -0.05) is 19.9 Å². The maximum Gasteiger partial charge on any atom is 0.274 e. The number of nitro groups is 1. The second-order valence-electron chi connectivity index (χ2n) is 6.19. The Labute approximate surface area is 119 Å². The van der Waals surface area contributed by atoms with Crippen molar-refractivity contribution in [2.45, 2.75) is 39.7 Å². The van der Waals surface area contributed by atoms with Crippen LogP contribution >= 0.6 is 0 Å². The fraction of sp³-hybridized carbons (Fsp3) is 0.600. The number of hydrogen-bond donors (Lipinski definition) is 2. The quantitative estimate of drug-likeness (QED) is 0.655. The van der Waals surface area contributed by atoms with Gasteiger partial charge >= 0.3 is 0 Å². The SMILES string of the molecule is Cc1c(NCC2NCCCC2(C)C)cccc1[N+](=O)[O-]. The molecule has 1 heterocycles. The van der Waals surface area contributed by atoms with E-state index in [2.05, 4.69) is 24.5 Å². The van der Waals surface area contributed by atoms with Gasteiger partial charge in [-0.05, 0) is 37.8 Å². The van der Waals surface area contributed by atoms with E-state index in [0.29, 0.717) is 11.6 Å². The van der Waals surface area contributed by atoms with E-state index in [1.54, 1.807) is 19.1 Å². The van der Waals surface area contributed by atoms with Gasteiger partial charge in [-0.25, -0.2) is 0 Å². The molecule has 0 aliphatic carbocycles. The molecule has 0 saturated carbocycles. The average Bonchev–Trinajstić information content (AvgIpc) is 2.38. The summed E-state index contributed by atoms with van der Waals surface area (Å²) >= 11 is 0. The van der Waals surface area contributed by atoms with Gasteiger partial charge in [-0.3, -0.25) is 10.1 Å². The van der Waals surface area contributed by atoms with Crippen molar-refractivity contribution in [2.24, 2.45) is 5.41 Å². The van der Waals surface area contributed by atoms with Crippen LogP contribution in [0.5, 0.6) is 0 Å². The van der Waals surface area contributed by atoms with Crippen molar-refractivity contribution in [3.8, 4) is 0 Å². The van der Waals surface area contributed by atoms with Crippen molar-refractivity contribution in [2.75, 3.05) is 18.4 Å². The smallest absolute Gasteiger partial charge is 0.274 e. The normalized spacial score (nSPS) is 21.4. The lowest BCUT2D eigenvalue weighted by Gasteiger charge is -2.39. The van der Waals surface area contributed by atoms with Gasteiger partial charge < -0.3 is 10.6 Å². The lowest BCUT2D eigenvalue weighted by molar-refractivity contribution is -0.385. The summed E-state index contributed by atoms with van der Waals surface area (Å²) in [5.41, 5.74) is 1.97. The third kappa shape index (κ3) is 3.10. The monoisotopic (exact) mass is 277 g/mol. The van der Waals surface area contributed by atoms with Crippen molar-refractivity contribution in [3.05, 3.63) is 33.9 Å². The third-order valence-corrected chi connectivity index (χ3v) is 4.33. The Morgan fingerprint density at radius 1 is 1.50 bits per heavy atom. The molecular formula is C15H23N3O2. The van der Waals surface area contributed by atoms with Gasteiger partial charge in [0.25, 0.3) is 5.69 Å². The summed E-state index contributed by atoms with van der Waals surface area (Å²) in [6.07, 6.45) is 2.42. The first-order chi connectivity index (χ1) is 9.42. The number of nitrogens with zero attached hydrogens (tertiary/aromatic N) is 1. The summed E-state index contributed by atoms with van der Waals surface area (Å²) in [5.74, 6) is 0. The molecule has 0 spiro atoms. The Morgan fingerprint density at radius 3 is 2.90 bits per heavy atom. The Balaban J connectivity index is 2.07. The van der Waals surface area contributed by atoms with Crippen LogP contribution in [0.3, 0.4) is 0 Å². The fourth-order valence-electron chi connectivity index (χ4n) is 2.84. The van der Waals surface area contributed by atoms with Crippen molar-refractivity contribution < 1.29 is 4.92 Å². The van der Waals surface area contributed by atoms with Crippen LogP contribution in [-0.2, 0) is 0 Å². The standard InChI is InChI=1S/C15H23N3O2/c1-11-12(6-4-7-13(11)18(19)20)17-10-14-15(2,3)8-5-9-16-14/h4,6-7,14,16-17H,5,8-10H2,1-3H3. The summed E-state index contributed by atoms with van der Waals surface area (Å²) in [6, 6.07) is 5.56. The molecule has 0 aromatic heterocycles. The minimum Gasteiger partial charge on any atom is -0.383 e. The predicted molar refractivity (Wildman–Crippen MR) is 81.1 cm³/mol. The third-order valence-electron chi connectivity index (χ3n) is 4.33. The topological polar surface area (TPSA) is 67.2 Å². The van der Waals surface area contributed by atoms with E-state index in [0.717, 1.165) is 18.8 Å². The van der Waals surface area contributed by atoms with Gasteiger partial charge in [0.05, 0.1) is 4.92 Å². The number of hydrogen-bond acceptors (Lipinski definition) is 4. The number of nitrogens with one attached hydrogen (secondary N) is 2. The molecule has 2 N–H and O–H groups in total. The molecule has 1 fully saturated rings. The van der Waals surface area contributed by atoms with Crippen LogP contribution < -0.4 is 10.6 Å². The van der Waals surface area contributed by atoms with Gasteiger partial charge in [0.2, 0.25) is 0 Å². The maximum absolute atomic E-state index is 10.9. The molecule has 1 aromatic rings. The number of anilines is 1. The Morgan fingerprint density at radius 2 is 2.25 bits per heavy atom. The zero-order valence-electron chi connectivity index (χ0n) is 12.4. The highest BCUT2D eigenvalue weighted by atomic mass is 16.6. The van der Waals surface area contributed by atoms with E-state index in [1.165, 1.54) is 12.8 Å². The first kappa shape index (κ1) is 14.8. The molecule has 5 heteroatoms. The summed E-state index contributed by atoms with van der Waals surface area (Å²) < 4.78 is 0. The lowest BCUT2D eigenvalue weighted by Crippen LogP contribution is -2.50. The van der Waals surface area contributed by atoms with E-state index in [-0.39, 0.29) is 16.0 Å². The number of nitro benzene ring substituents is 1. The summed E-state index contributed by atoms with van der Waals surface area (Å²) in [7, 11) is 0. The van der Waals surface area contributed by atoms with Crippen LogP contribution in [-0.4, -0.2) is 24.1 Å². The molecule has 0 amide bonds. The minimum atomic E-state index is -0.330. The lowest BCUT2D eigenvalue weighted by atomic mass is 9.77. The van der Waals surface area contributed by atoms with Crippen molar-refractivity contribution in [3.63, 3.8) is 0 Å². The molecule has 5 nitrogen and oxygen atoms in total. The Kier molecular flexibility index (Phi) is 4.28. The van der Waals surface area contributed by atoms with Gasteiger partial charge in [0, 0.05) is 29.9 Å². The summed E-state index contributed by atoms with van der Waals surface area (Å²) in [6.45, 7) is 8.16. The van der Waals surface area contributed by atoms with E-state index in [4.69, 9.17) is 0 Å². The molecular weight excluding hydrogens is 254 g/mol. The molecule has 0 radical (unpaired) electrons. The first-order valence-corrected chi connectivity index (χ1v) is 7.13. The first-order valence-electron chi connectivity index (χ1n) is 7.13. The zero-order chi connectivity index (χ0) is 14.8. The molecule has 1 atom stereocenters. The largest absolute Gasteiger partial charge is 0.383 e. The Bertz CT molecular complexity index is 500. The molecule has 1 aliphatic rings. The molecule has 2 rings (SSSR count). The summed E-state index contributed by atoms with van der Waals surface area (Å²) in [4.78, 5) is 10.6. The van der Waals surface area contributed by atoms with Crippen molar-refractivity contribution >= 4 is 11.4 Å². The zero-order valence-corrected chi connectivity index (χ0v) is 12.4. The number of benzene rings is 1. The molecule has 0 bridgehead atoms. The molecule has 1 saturated heterocycles. The second kappa shape index (κ2) is 5.79. The van der Waals surface area contributed by atoms with Gasteiger partial charge in [-0.15, -0.1) is 0 Å². The molecule has 20 heavy (non-hydrogen) atoms. The minimum absolute atomic E-state index is 0.172. The number of rotatable bonds is 4. The van der Waals surface area contributed by atoms with Gasteiger partial charge in [0.15, 0.2) is 0 Å². The van der Waals surface area contributed by atoms with E-state index >= 15 is 0 Å². The van der Waals surface area contributed by atoms with Crippen molar-refractivity contribution in [1.29, 1.82) is 0 Å². The Hall–Kier alpha value is -1.62. The van der Waals surface area contributed by atoms with Crippen LogP contribution in [0, 0.1) is 22.5 Å². The molecule has 110 valence electrons. The van der Waals surface area contributed by atoms with Crippen LogP contribution in [0.25, 0.3) is 0 Å². The van der Waals surface area contributed by atoms with E-state index < -0.39 is 0 Å². The highest BCUT2D eigenvalue weighted by Gasteiger charge is 2.31. The van der Waals surface area contributed by atoms with Gasteiger partial charge in [0.1, 0.15) is 0 Å². The predicted octanol–water partition coefficient (Wildman–Crippen LogP) is 3.09. The second-order valence-corrected chi connectivity index (χ2v) is 6.19. The molecule has 1 aromatic carbocycles. The summed E-state index contributed by atoms with van der Waals surface area (Å²) in [5, 5.41) is 17.9. The maximum atomic E-state index is 10.9. The van der Waals surface area contributed by atoms with Crippen LogP contribution in [0.15, 0.2) is 18.2 Å². The van der Waals surface area contributed by atoms with E-state index in [9.17, 15) is 10.1 Å². The number of piperidine rings is 1. The van der Waals surface area contributed by atoms with Gasteiger partial charge in [-0.2, -0.15) is 0 Å². The average molecular weight is 277 g/mol. The van der Waals surface area contributed by atoms with Crippen LogP contribution in [0.2, 0.25) is 0 Å². The highest BCUT2D eigenvalue weighted by Crippen LogP contribution is 2.31. The molecule has 1 unspecified atom stereocenters. The van der Waals surface area contributed by atoms with E-state index in [1.807, 2.05) is 6.07 Å². The van der Waals surface area contributed by atoms with Crippen molar-refractivity contribution in [1.82, 2.24) is 5.32 Å².